The molecule has 1 N–H and O–H groups in total. The van der Waals surface area contributed by atoms with E-state index in [4.69, 9.17) is 4.52 Å². The third-order valence-electron chi connectivity index (χ3n) is 5.14. The average Bonchev–Trinajstić information content (AvgIpc) is 3.45. The minimum absolute atomic E-state index is 0.0514. The normalized spacial score (nSPS) is 19.1. The van der Waals surface area contributed by atoms with Crippen LogP contribution in [0.25, 0.3) is 11.5 Å². The van der Waals surface area contributed by atoms with Crippen molar-refractivity contribution in [2.45, 2.75) is 38.1 Å². The van der Waals surface area contributed by atoms with Crippen LogP contribution in [0, 0.1) is 0 Å². The van der Waals surface area contributed by atoms with Crippen molar-refractivity contribution in [1.29, 1.82) is 0 Å². The van der Waals surface area contributed by atoms with Gasteiger partial charge in [0.1, 0.15) is 11.7 Å². The summed E-state index contributed by atoms with van der Waals surface area (Å²) in [6.07, 6.45) is 6.36. The number of hydrogen-bond donors (Lipinski definition) is 1. The van der Waals surface area contributed by atoms with E-state index in [9.17, 15) is 4.79 Å². The average molecular weight is 350 g/mol. The lowest BCUT2D eigenvalue weighted by molar-refractivity contribution is 0.0703. The Labute approximate surface area is 149 Å². The zero-order chi connectivity index (χ0) is 17.5. The van der Waals surface area contributed by atoms with Gasteiger partial charge in [-0.05, 0) is 44.2 Å². The number of hydrogen-bond acceptors (Lipinski definition) is 6. The molecule has 1 saturated heterocycles. The Kier molecular flexibility index (Phi) is 3.55. The molecule has 4 heterocycles. The summed E-state index contributed by atoms with van der Waals surface area (Å²) in [6, 6.07) is 5.34. The second-order valence-corrected chi connectivity index (χ2v) is 6.71. The number of carbonyl (C=O) groups excluding carboxylic acids is 1. The number of carbonyl (C=O) groups is 1. The van der Waals surface area contributed by atoms with E-state index in [1.54, 1.807) is 6.20 Å². The quantitative estimate of drug-likeness (QED) is 0.778. The fourth-order valence-corrected chi connectivity index (χ4v) is 3.87. The smallest absolute Gasteiger partial charge is 0.275 e. The van der Waals surface area contributed by atoms with E-state index < -0.39 is 0 Å². The van der Waals surface area contributed by atoms with Gasteiger partial charge in [-0.3, -0.25) is 14.9 Å². The number of likely N-dealkylation sites (tertiary alicyclic amines) is 1. The standard InChI is InChI=1S/C18H18N6O2/c25-18(15-11-5-3-7-12(11)21-22-15)24-10-4-8-14(24)17-20-16(23-26-17)13-6-1-2-9-19-13/h1-2,6,9,14H,3-5,7-8,10H2,(H,21,22)/t14-/m1/s1. The van der Waals surface area contributed by atoms with Crippen molar-refractivity contribution in [3.8, 4) is 11.5 Å². The molecule has 132 valence electrons. The summed E-state index contributed by atoms with van der Waals surface area (Å²) in [5, 5.41) is 11.3. The molecule has 8 nitrogen and oxygen atoms in total. The van der Waals surface area contributed by atoms with Crippen molar-refractivity contribution in [3.05, 3.63) is 47.2 Å². The first-order valence-electron chi connectivity index (χ1n) is 8.93. The van der Waals surface area contributed by atoms with Crippen LogP contribution in [0.4, 0.5) is 0 Å². The van der Waals surface area contributed by atoms with Gasteiger partial charge in [0.25, 0.3) is 5.91 Å². The van der Waals surface area contributed by atoms with E-state index >= 15 is 0 Å². The Morgan fingerprint density at radius 2 is 2.23 bits per heavy atom. The van der Waals surface area contributed by atoms with Crippen LogP contribution in [0.3, 0.4) is 0 Å². The van der Waals surface area contributed by atoms with Crippen molar-refractivity contribution in [1.82, 2.24) is 30.2 Å². The van der Waals surface area contributed by atoms with Gasteiger partial charge in [-0.25, -0.2) is 0 Å². The second kappa shape index (κ2) is 6.05. The summed E-state index contributed by atoms with van der Waals surface area (Å²) < 4.78 is 5.47. The number of nitrogens with one attached hydrogen (secondary N) is 1. The van der Waals surface area contributed by atoms with Crippen LogP contribution in [0.15, 0.2) is 28.9 Å². The van der Waals surface area contributed by atoms with Gasteiger partial charge in [0.05, 0.1) is 0 Å². The maximum Gasteiger partial charge on any atom is 0.275 e. The predicted octanol–water partition coefficient (Wildman–Crippen LogP) is 2.32. The Hall–Kier alpha value is -3.03. The van der Waals surface area contributed by atoms with Crippen LogP contribution >= 0.6 is 0 Å². The molecule has 1 amide bonds. The van der Waals surface area contributed by atoms with Crippen molar-refractivity contribution < 1.29 is 9.32 Å². The lowest BCUT2D eigenvalue weighted by Crippen LogP contribution is -2.31. The summed E-state index contributed by atoms with van der Waals surface area (Å²) in [5.41, 5.74) is 3.37. The second-order valence-electron chi connectivity index (χ2n) is 6.71. The Bertz CT molecular complexity index is 948. The first kappa shape index (κ1) is 15.2. The topological polar surface area (TPSA) is 101 Å². The molecule has 1 aliphatic heterocycles. The van der Waals surface area contributed by atoms with Gasteiger partial charge in [0.2, 0.25) is 11.7 Å². The zero-order valence-electron chi connectivity index (χ0n) is 14.2. The molecule has 8 heteroatoms. The molecule has 1 aliphatic carbocycles. The molecular weight excluding hydrogens is 332 g/mol. The number of nitrogens with zero attached hydrogens (tertiary/aromatic N) is 5. The number of rotatable bonds is 3. The first-order valence-corrected chi connectivity index (χ1v) is 8.93. The third kappa shape index (κ3) is 2.40. The molecule has 0 spiro atoms. The number of aromatic amines is 1. The molecule has 0 aromatic carbocycles. The van der Waals surface area contributed by atoms with Crippen LogP contribution in [0.5, 0.6) is 0 Å². The highest BCUT2D eigenvalue weighted by molar-refractivity contribution is 5.94. The third-order valence-corrected chi connectivity index (χ3v) is 5.14. The monoisotopic (exact) mass is 350 g/mol. The molecular formula is C18H18N6O2. The maximum atomic E-state index is 13.1. The summed E-state index contributed by atoms with van der Waals surface area (Å²) >= 11 is 0. The number of fused-ring (bicyclic) bond motifs is 1. The van der Waals surface area contributed by atoms with Gasteiger partial charge < -0.3 is 9.42 Å². The van der Waals surface area contributed by atoms with Crippen molar-refractivity contribution in [2.75, 3.05) is 6.54 Å². The van der Waals surface area contributed by atoms with Gasteiger partial charge in [-0.2, -0.15) is 10.1 Å². The molecule has 0 radical (unpaired) electrons. The minimum atomic E-state index is -0.207. The molecule has 5 rings (SSSR count). The van der Waals surface area contributed by atoms with Crippen molar-refractivity contribution >= 4 is 5.91 Å². The van der Waals surface area contributed by atoms with Gasteiger partial charge >= 0.3 is 0 Å². The zero-order valence-corrected chi connectivity index (χ0v) is 14.2. The van der Waals surface area contributed by atoms with E-state index in [1.165, 1.54) is 0 Å². The van der Waals surface area contributed by atoms with E-state index in [-0.39, 0.29) is 11.9 Å². The molecule has 1 atom stereocenters. The summed E-state index contributed by atoms with van der Waals surface area (Å²) in [7, 11) is 0. The number of aromatic nitrogens is 5. The largest absolute Gasteiger partial charge is 0.337 e. The van der Waals surface area contributed by atoms with Crippen LogP contribution in [-0.4, -0.2) is 42.7 Å². The molecule has 0 bridgehead atoms. The fraction of sp³-hybridized carbons (Fsp3) is 0.389. The van der Waals surface area contributed by atoms with E-state index in [0.717, 1.165) is 43.4 Å². The van der Waals surface area contributed by atoms with Crippen LogP contribution in [-0.2, 0) is 12.8 Å². The molecule has 0 saturated carbocycles. The SMILES string of the molecule is O=C(c1n[nH]c2c1CCC2)N1CCC[C@@H]1c1nc(-c2ccccn2)no1. The maximum absolute atomic E-state index is 13.1. The van der Waals surface area contributed by atoms with Crippen LogP contribution < -0.4 is 0 Å². The Morgan fingerprint density at radius 3 is 3.12 bits per heavy atom. The van der Waals surface area contributed by atoms with Crippen molar-refractivity contribution in [2.24, 2.45) is 0 Å². The molecule has 26 heavy (non-hydrogen) atoms. The van der Waals surface area contributed by atoms with Gasteiger partial charge in [-0.1, -0.05) is 11.2 Å². The van der Waals surface area contributed by atoms with Gasteiger partial charge in [0.15, 0.2) is 5.69 Å². The summed E-state index contributed by atoms with van der Waals surface area (Å²) in [6.45, 7) is 0.673. The Balaban J connectivity index is 1.42. The summed E-state index contributed by atoms with van der Waals surface area (Å²) in [4.78, 5) is 23.6. The Morgan fingerprint density at radius 1 is 1.27 bits per heavy atom. The highest BCUT2D eigenvalue weighted by Gasteiger charge is 2.37. The van der Waals surface area contributed by atoms with E-state index in [1.807, 2.05) is 23.1 Å². The van der Waals surface area contributed by atoms with Gasteiger partial charge in [0, 0.05) is 24.0 Å². The first-order chi connectivity index (χ1) is 12.8. The molecule has 2 aliphatic rings. The highest BCUT2D eigenvalue weighted by Crippen LogP contribution is 2.34. The molecule has 3 aromatic heterocycles. The van der Waals surface area contributed by atoms with E-state index in [0.29, 0.717) is 29.6 Å². The molecule has 1 fully saturated rings. The van der Waals surface area contributed by atoms with Gasteiger partial charge in [-0.15, -0.1) is 0 Å². The van der Waals surface area contributed by atoms with E-state index in [2.05, 4.69) is 25.3 Å². The van der Waals surface area contributed by atoms with Crippen LogP contribution in [0.1, 0.15) is 52.9 Å². The fourth-order valence-electron chi connectivity index (χ4n) is 3.87. The predicted molar refractivity (Wildman–Crippen MR) is 91.2 cm³/mol. The number of H-pyrrole nitrogens is 1. The molecule has 3 aromatic rings. The number of pyridine rings is 1. The highest BCUT2D eigenvalue weighted by atomic mass is 16.5. The van der Waals surface area contributed by atoms with Crippen molar-refractivity contribution in [3.63, 3.8) is 0 Å². The summed E-state index contributed by atoms with van der Waals surface area (Å²) in [5.74, 6) is 0.855. The van der Waals surface area contributed by atoms with Crippen LogP contribution in [0.2, 0.25) is 0 Å². The lowest BCUT2D eigenvalue weighted by Gasteiger charge is -2.21. The number of amides is 1. The number of aryl methyl sites for hydroxylation is 1. The minimum Gasteiger partial charge on any atom is -0.337 e. The lowest BCUT2D eigenvalue weighted by atomic mass is 10.1. The molecule has 0 unspecified atom stereocenters.